The van der Waals surface area contributed by atoms with Crippen LogP contribution in [0.4, 0.5) is 4.39 Å². The number of hydrogen-bond donors (Lipinski definition) is 2. The van der Waals surface area contributed by atoms with Gasteiger partial charge < -0.3 is 10.2 Å². The number of unbranched alkanes of at least 4 members (excludes halogenated alkanes) is 2. The standard InChI is InChI=1S/C21H31FO2/c1-5-6-7-11-17-14-19(23)18(21(24)20(17)22)13-12-16(4)10-8-9-15(2)3/h9,12,14,23-24H,5-8,10-11,13H2,1-4H3/b16-12+. The molecule has 2 N–H and O–H groups in total. The predicted molar refractivity (Wildman–Crippen MR) is 99.1 cm³/mol. The van der Waals surface area contributed by atoms with Crippen molar-refractivity contribution in [3.63, 3.8) is 0 Å². The second-order valence-electron chi connectivity index (χ2n) is 6.73. The van der Waals surface area contributed by atoms with Crippen molar-refractivity contribution < 1.29 is 14.6 Å². The highest BCUT2D eigenvalue weighted by Crippen LogP contribution is 2.34. The van der Waals surface area contributed by atoms with Crippen LogP contribution < -0.4 is 0 Å². The largest absolute Gasteiger partial charge is 0.508 e. The zero-order valence-electron chi connectivity index (χ0n) is 15.5. The third-order valence-electron chi connectivity index (χ3n) is 4.19. The van der Waals surface area contributed by atoms with Gasteiger partial charge in [0.1, 0.15) is 5.75 Å². The number of benzene rings is 1. The summed E-state index contributed by atoms with van der Waals surface area (Å²) >= 11 is 0. The van der Waals surface area contributed by atoms with E-state index in [0.717, 1.165) is 32.1 Å². The van der Waals surface area contributed by atoms with Crippen LogP contribution in [0.25, 0.3) is 0 Å². The van der Waals surface area contributed by atoms with Crippen LogP contribution in [-0.4, -0.2) is 10.2 Å². The maximum atomic E-state index is 14.3. The van der Waals surface area contributed by atoms with Gasteiger partial charge in [0.15, 0.2) is 11.6 Å². The maximum Gasteiger partial charge on any atom is 0.168 e. The normalized spacial score (nSPS) is 11.6. The molecule has 0 atom stereocenters. The molecule has 2 nitrogen and oxygen atoms in total. The van der Waals surface area contributed by atoms with Crippen LogP contribution in [0.15, 0.2) is 29.4 Å². The van der Waals surface area contributed by atoms with Crippen LogP contribution in [0.3, 0.4) is 0 Å². The fourth-order valence-electron chi connectivity index (χ4n) is 2.64. The summed E-state index contributed by atoms with van der Waals surface area (Å²) in [5, 5.41) is 20.3. The van der Waals surface area contributed by atoms with Crippen LogP contribution in [0.5, 0.6) is 11.5 Å². The van der Waals surface area contributed by atoms with Crippen molar-refractivity contribution in [3.05, 3.63) is 46.3 Å². The maximum absolute atomic E-state index is 14.3. The SMILES string of the molecule is CCCCCc1cc(O)c(C/C=C(\C)CCC=C(C)C)c(O)c1F. The summed E-state index contributed by atoms with van der Waals surface area (Å²) in [5.74, 6) is -1.02. The Morgan fingerprint density at radius 1 is 1.12 bits per heavy atom. The molecule has 134 valence electrons. The van der Waals surface area contributed by atoms with Crippen molar-refractivity contribution in [2.75, 3.05) is 0 Å². The molecule has 0 radical (unpaired) electrons. The number of rotatable bonds is 9. The fraction of sp³-hybridized carbons (Fsp3) is 0.524. The number of hydrogen-bond acceptors (Lipinski definition) is 2. The van der Waals surface area contributed by atoms with E-state index < -0.39 is 11.6 Å². The molecule has 0 fully saturated rings. The smallest absolute Gasteiger partial charge is 0.168 e. The molecule has 1 rings (SSSR count). The number of halogens is 1. The summed E-state index contributed by atoms with van der Waals surface area (Å²) < 4.78 is 14.3. The lowest BCUT2D eigenvalue weighted by Gasteiger charge is -2.11. The molecule has 1 aromatic carbocycles. The molecule has 0 saturated carbocycles. The first-order chi connectivity index (χ1) is 11.4. The van der Waals surface area contributed by atoms with E-state index in [1.165, 1.54) is 17.2 Å². The quantitative estimate of drug-likeness (QED) is 0.416. The van der Waals surface area contributed by atoms with Crippen molar-refractivity contribution in [1.82, 2.24) is 0 Å². The highest BCUT2D eigenvalue weighted by molar-refractivity contribution is 5.49. The zero-order chi connectivity index (χ0) is 18.1. The van der Waals surface area contributed by atoms with Crippen LogP contribution in [0.1, 0.15) is 70.9 Å². The zero-order valence-corrected chi connectivity index (χ0v) is 15.5. The Bertz CT molecular complexity index is 596. The monoisotopic (exact) mass is 334 g/mol. The third-order valence-corrected chi connectivity index (χ3v) is 4.19. The second-order valence-corrected chi connectivity index (χ2v) is 6.73. The second kappa shape index (κ2) is 10.2. The van der Waals surface area contributed by atoms with Crippen molar-refractivity contribution in [2.45, 2.75) is 72.6 Å². The minimum absolute atomic E-state index is 0.0197. The Kier molecular flexibility index (Phi) is 8.59. The first-order valence-corrected chi connectivity index (χ1v) is 8.88. The van der Waals surface area contributed by atoms with E-state index in [-0.39, 0.29) is 11.3 Å². The molecule has 0 heterocycles. The molecule has 0 aromatic heterocycles. The number of allylic oxidation sites excluding steroid dienone is 4. The lowest BCUT2D eigenvalue weighted by Crippen LogP contribution is -1.96. The Labute approximate surface area is 145 Å². The highest BCUT2D eigenvalue weighted by atomic mass is 19.1. The summed E-state index contributed by atoms with van der Waals surface area (Å²) in [5.41, 5.74) is 3.12. The summed E-state index contributed by atoms with van der Waals surface area (Å²) in [7, 11) is 0. The van der Waals surface area contributed by atoms with Gasteiger partial charge >= 0.3 is 0 Å². The van der Waals surface area contributed by atoms with Gasteiger partial charge in [-0.3, -0.25) is 0 Å². The van der Waals surface area contributed by atoms with Crippen molar-refractivity contribution in [1.29, 1.82) is 0 Å². The Balaban J connectivity index is 2.81. The topological polar surface area (TPSA) is 40.5 Å². The van der Waals surface area contributed by atoms with Crippen molar-refractivity contribution in [3.8, 4) is 11.5 Å². The first-order valence-electron chi connectivity index (χ1n) is 8.88. The van der Waals surface area contributed by atoms with Gasteiger partial charge in [-0.15, -0.1) is 0 Å². The van der Waals surface area contributed by atoms with Crippen LogP contribution in [0, 0.1) is 5.82 Å². The molecule has 0 amide bonds. The van der Waals surface area contributed by atoms with Gasteiger partial charge in [0.25, 0.3) is 0 Å². The van der Waals surface area contributed by atoms with Gasteiger partial charge in [0.2, 0.25) is 0 Å². The van der Waals surface area contributed by atoms with Crippen LogP contribution >= 0.6 is 0 Å². The van der Waals surface area contributed by atoms with Gasteiger partial charge in [0.05, 0.1) is 0 Å². The van der Waals surface area contributed by atoms with E-state index in [9.17, 15) is 14.6 Å². The van der Waals surface area contributed by atoms with E-state index in [1.54, 1.807) is 0 Å². The summed E-state index contributed by atoms with van der Waals surface area (Å²) in [4.78, 5) is 0. The average Bonchev–Trinajstić information content (AvgIpc) is 2.51. The van der Waals surface area contributed by atoms with Crippen LogP contribution in [-0.2, 0) is 12.8 Å². The molecule has 0 aliphatic rings. The summed E-state index contributed by atoms with van der Waals surface area (Å²) in [6.45, 7) is 8.24. The highest BCUT2D eigenvalue weighted by Gasteiger charge is 2.16. The number of phenolic OH excluding ortho intramolecular Hbond substituents is 2. The number of phenols is 2. The van der Waals surface area contributed by atoms with E-state index in [0.29, 0.717) is 18.4 Å². The van der Waals surface area contributed by atoms with Gasteiger partial charge in [-0.05, 0) is 64.5 Å². The molecular weight excluding hydrogens is 303 g/mol. The van der Waals surface area contributed by atoms with Gasteiger partial charge in [-0.25, -0.2) is 4.39 Å². The van der Waals surface area contributed by atoms with Gasteiger partial charge in [-0.1, -0.05) is 43.1 Å². The molecule has 0 aliphatic heterocycles. The molecule has 3 heteroatoms. The third kappa shape index (κ3) is 6.38. The lowest BCUT2D eigenvalue weighted by atomic mass is 9.99. The Morgan fingerprint density at radius 2 is 1.83 bits per heavy atom. The van der Waals surface area contributed by atoms with E-state index in [1.807, 2.05) is 13.0 Å². The van der Waals surface area contributed by atoms with E-state index in [4.69, 9.17) is 0 Å². The Morgan fingerprint density at radius 3 is 2.46 bits per heavy atom. The van der Waals surface area contributed by atoms with Crippen molar-refractivity contribution >= 4 is 0 Å². The van der Waals surface area contributed by atoms with Gasteiger partial charge in [0, 0.05) is 5.56 Å². The number of aryl methyl sites for hydroxylation is 1. The fourth-order valence-corrected chi connectivity index (χ4v) is 2.64. The summed E-state index contributed by atoms with van der Waals surface area (Å²) in [6, 6.07) is 1.46. The molecule has 0 aliphatic carbocycles. The molecule has 0 bridgehead atoms. The molecule has 1 aromatic rings. The molecule has 0 spiro atoms. The lowest BCUT2D eigenvalue weighted by molar-refractivity contribution is 0.406. The summed E-state index contributed by atoms with van der Waals surface area (Å²) in [6.07, 6.45) is 9.81. The predicted octanol–water partition coefficient (Wildman–Crippen LogP) is 6.20. The van der Waals surface area contributed by atoms with E-state index >= 15 is 0 Å². The minimum atomic E-state index is -0.588. The Hall–Kier alpha value is -1.77. The van der Waals surface area contributed by atoms with Crippen molar-refractivity contribution in [2.24, 2.45) is 0 Å². The number of aromatic hydroxyl groups is 2. The van der Waals surface area contributed by atoms with Crippen LogP contribution in [0.2, 0.25) is 0 Å². The minimum Gasteiger partial charge on any atom is -0.508 e. The van der Waals surface area contributed by atoms with E-state index in [2.05, 4.69) is 26.8 Å². The molecule has 0 unspecified atom stereocenters. The molecule has 0 saturated heterocycles. The molecule has 24 heavy (non-hydrogen) atoms. The average molecular weight is 334 g/mol. The molecular formula is C21H31FO2. The first kappa shape index (κ1) is 20.3. The van der Waals surface area contributed by atoms with Gasteiger partial charge in [-0.2, -0.15) is 0 Å².